The van der Waals surface area contributed by atoms with Crippen molar-refractivity contribution < 1.29 is 14.3 Å². The number of amides is 1. The molecule has 0 bridgehead atoms. The average Bonchev–Trinajstić information content (AvgIpc) is 2.53. The molecule has 0 saturated carbocycles. The number of ether oxygens (including phenoxy) is 2. The van der Waals surface area contributed by atoms with Crippen molar-refractivity contribution in [2.75, 3.05) is 37.7 Å². The largest absolute Gasteiger partial charge is 0.486 e. The van der Waals surface area contributed by atoms with Gasteiger partial charge in [0.15, 0.2) is 11.5 Å². The van der Waals surface area contributed by atoms with E-state index in [0.717, 1.165) is 49.7 Å². The lowest BCUT2D eigenvalue weighted by Crippen LogP contribution is -2.66. The van der Waals surface area contributed by atoms with Crippen LogP contribution in [0.3, 0.4) is 0 Å². The molecule has 1 amide bonds. The van der Waals surface area contributed by atoms with Crippen molar-refractivity contribution in [3.8, 4) is 11.5 Å². The fourth-order valence-corrected chi connectivity index (χ4v) is 3.33. The summed E-state index contributed by atoms with van der Waals surface area (Å²) in [4.78, 5) is 14.4. The number of β-lactam (4-membered cyclic amide) rings is 1. The van der Waals surface area contributed by atoms with E-state index in [2.05, 4.69) is 5.32 Å². The molecule has 1 aromatic carbocycles. The number of hydrogen-bond acceptors (Lipinski definition) is 4. The highest BCUT2D eigenvalue weighted by Crippen LogP contribution is 2.43. The molecule has 4 rings (SSSR count). The van der Waals surface area contributed by atoms with Crippen molar-refractivity contribution in [3.63, 3.8) is 0 Å². The Hall–Kier alpha value is -1.75. The van der Waals surface area contributed by atoms with Gasteiger partial charge in [-0.1, -0.05) is 0 Å². The highest BCUT2D eigenvalue weighted by molar-refractivity contribution is 6.05. The van der Waals surface area contributed by atoms with Crippen LogP contribution in [-0.4, -0.2) is 38.8 Å². The van der Waals surface area contributed by atoms with Gasteiger partial charge in [0, 0.05) is 24.8 Å². The Morgan fingerprint density at radius 3 is 2.80 bits per heavy atom. The summed E-state index contributed by atoms with van der Waals surface area (Å²) in [5.41, 5.74) is 0.751. The number of fused-ring (bicyclic) bond motifs is 1. The molecule has 1 N–H and O–H groups in total. The average molecular weight is 274 g/mol. The minimum atomic E-state index is -0.161. The van der Waals surface area contributed by atoms with Gasteiger partial charge in [-0.3, -0.25) is 4.79 Å². The Balaban J connectivity index is 1.56. The molecule has 3 aliphatic heterocycles. The second-order valence-corrected chi connectivity index (χ2v) is 5.78. The summed E-state index contributed by atoms with van der Waals surface area (Å²) in [6.07, 6.45) is 2.08. The van der Waals surface area contributed by atoms with Crippen molar-refractivity contribution in [1.82, 2.24) is 5.32 Å². The van der Waals surface area contributed by atoms with Crippen LogP contribution in [0.2, 0.25) is 0 Å². The van der Waals surface area contributed by atoms with Gasteiger partial charge in [-0.15, -0.1) is 0 Å². The molecule has 2 saturated heterocycles. The molecule has 0 radical (unpaired) electrons. The van der Waals surface area contributed by atoms with Crippen LogP contribution in [0.25, 0.3) is 0 Å². The van der Waals surface area contributed by atoms with Gasteiger partial charge < -0.3 is 19.7 Å². The molecule has 3 heterocycles. The first-order chi connectivity index (χ1) is 9.78. The molecular weight excluding hydrogens is 256 g/mol. The van der Waals surface area contributed by atoms with Gasteiger partial charge in [0.05, 0.1) is 5.41 Å². The second kappa shape index (κ2) is 4.38. The molecule has 3 aliphatic rings. The number of rotatable bonds is 1. The normalized spacial score (nSPS) is 28.4. The van der Waals surface area contributed by atoms with Crippen LogP contribution in [0, 0.1) is 5.41 Å². The van der Waals surface area contributed by atoms with Gasteiger partial charge in [0.1, 0.15) is 13.2 Å². The summed E-state index contributed by atoms with van der Waals surface area (Å²) >= 11 is 0. The van der Waals surface area contributed by atoms with Crippen LogP contribution in [0.15, 0.2) is 18.2 Å². The Morgan fingerprint density at radius 2 is 2.05 bits per heavy atom. The van der Waals surface area contributed by atoms with E-state index in [1.807, 2.05) is 23.1 Å². The number of nitrogens with zero attached hydrogens (tertiary/aromatic N) is 1. The summed E-state index contributed by atoms with van der Waals surface area (Å²) in [5, 5.41) is 3.34. The lowest BCUT2D eigenvalue weighted by molar-refractivity contribution is -0.136. The Kier molecular flexibility index (Phi) is 2.63. The highest BCUT2D eigenvalue weighted by Gasteiger charge is 2.52. The van der Waals surface area contributed by atoms with Gasteiger partial charge in [-0.2, -0.15) is 0 Å². The zero-order valence-corrected chi connectivity index (χ0v) is 11.4. The van der Waals surface area contributed by atoms with E-state index in [1.165, 1.54) is 0 Å². The molecule has 0 unspecified atom stereocenters. The SMILES string of the molecule is O=C1N(c2ccc3c(c2)OCCO3)C[C@]12CCCNC2. The maximum Gasteiger partial charge on any atom is 0.236 e. The Labute approximate surface area is 117 Å². The quantitative estimate of drug-likeness (QED) is 0.781. The lowest BCUT2D eigenvalue weighted by atomic mass is 9.73. The van der Waals surface area contributed by atoms with Gasteiger partial charge >= 0.3 is 0 Å². The number of piperidine rings is 1. The monoisotopic (exact) mass is 274 g/mol. The first kappa shape index (κ1) is 12.0. The minimum Gasteiger partial charge on any atom is -0.486 e. The predicted molar refractivity (Wildman–Crippen MR) is 74.3 cm³/mol. The molecule has 0 aliphatic carbocycles. The Morgan fingerprint density at radius 1 is 1.20 bits per heavy atom. The topological polar surface area (TPSA) is 50.8 Å². The van der Waals surface area contributed by atoms with Gasteiger partial charge in [0.25, 0.3) is 0 Å². The third-order valence-electron chi connectivity index (χ3n) is 4.47. The van der Waals surface area contributed by atoms with E-state index >= 15 is 0 Å². The van der Waals surface area contributed by atoms with Crippen LogP contribution in [0.5, 0.6) is 11.5 Å². The molecule has 0 aromatic heterocycles. The van der Waals surface area contributed by atoms with Crippen LogP contribution in [0.1, 0.15) is 12.8 Å². The number of nitrogens with one attached hydrogen (secondary N) is 1. The fourth-order valence-electron chi connectivity index (χ4n) is 3.33. The number of hydrogen-bond donors (Lipinski definition) is 1. The fraction of sp³-hybridized carbons (Fsp3) is 0.533. The van der Waals surface area contributed by atoms with Gasteiger partial charge in [-0.25, -0.2) is 0 Å². The van der Waals surface area contributed by atoms with Crippen molar-refractivity contribution in [2.24, 2.45) is 5.41 Å². The summed E-state index contributed by atoms with van der Waals surface area (Å²) in [5.74, 6) is 1.74. The standard InChI is InChI=1S/C15H18N2O3/c18-14-15(4-1-5-16-9-15)10-17(14)11-2-3-12-13(8-11)20-7-6-19-12/h2-3,8,16H,1,4-7,9-10H2/t15-/m1/s1. The first-order valence-corrected chi connectivity index (χ1v) is 7.21. The third kappa shape index (κ3) is 1.69. The first-order valence-electron chi connectivity index (χ1n) is 7.21. The van der Waals surface area contributed by atoms with E-state index in [0.29, 0.717) is 13.2 Å². The highest BCUT2D eigenvalue weighted by atomic mass is 16.6. The van der Waals surface area contributed by atoms with Crippen LogP contribution in [-0.2, 0) is 4.79 Å². The minimum absolute atomic E-state index is 0.161. The molecule has 106 valence electrons. The van der Waals surface area contributed by atoms with E-state index < -0.39 is 0 Å². The molecule has 5 heteroatoms. The predicted octanol–water partition coefficient (Wildman–Crippen LogP) is 1.17. The second-order valence-electron chi connectivity index (χ2n) is 5.78. The third-order valence-corrected chi connectivity index (χ3v) is 4.47. The van der Waals surface area contributed by atoms with Crippen LogP contribution >= 0.6 is 0 Å². The van der Waals surface area contributed by atoms with Crippen molar-refractivity contribution in [3.05, 3.63) is 18.2 Å². The van der Waals surface area contributed by atoms with Crippen molar-refractivity contribution >= 4 is 11.6 Å². The van der Waals surface area contributed by atoms with Crippen LogP contribution in [0.4, 0.5) is 5.69 Å². The smallest absolute Gasteiger partial charge is 0.236 e. The molecule has 5 nitrogen and oxygen atoms in total. The van der Waals surface area contributed by atoms with Gasteiger partial charge in [0.2, 0.25) is 5.91 Å². The number of carbonyl (C=O) groups excluding carboxylic acids is 1. The number of benzene rings is 1. The van der Waals surface area contributed by atoms with Crippen molar-refractivity contribution in [2.45, 2.75) is 12.8 Å². The van der Waals surface area contributed by atoms with Crippen LogP contribution < -0.4 is 19.7 Å². The zero-order valence-electron chi connectivity index (χ0n) is 11.4. The molecular formula is C15H18N2O3. The lowest BCUT2D eigenvalue weighted by Gasteiger charge is -2.50. The summed E-state index contributed by atoms with van der Waals surface area (Å²) in [7, 11) is 0. The number of anilines is 1. The molecule has 1 aromatic rings. The van der Waals surface area contributed by atoms with E-state index in [1.54, 1.807) is 0 Å². The molecule has 1 spiro atoms. The zero-order chi connectivity index (χ0) is 13.6. The summed E-state index contributed by atoms with van der Waals surface area (Å²) in [6.45, 7) is 3.80. The summed E-state index contributed by atoms with van der Waals surface area (Å²) < 4.78 is 11.1. The summed E-state index contributed by atoms with van der Waals surface area (Å²) in [6, 6.07) is 5.74. The number of carbonyl (C=O) groups is 1. The molecule has 1 atom stereocenters. The van der Waals surface area contributed by atoms with E-state index in [4.69, 9.17) is 9.47 Å². The maximum atomic E-state index is 12.5. The van der Waals surface area contributed by atoms with E-state index in [-0.39, 0.29) is 11.3 Å². The van der Waals surface area contributed by atoms with Crippen molar-refractivity contribution in [1.29, 1.82) is 0 Å². The van der Waals surface area contributed by atoms with Gasteiger partial charge in [-0.05, 0) is 31.5 Å². The maximum absolute atomic E-state index is 12.5. The molecule has 2 fully saturated rings. The molecule has 20 heavy (non-hydrogen) atoms. The van der Waals surface area contributed by atoms with E-state index in [9.17, 15) is 4.79 Å². The Bertz CT molecular complexity index is 552.